The molecule has 1 saturated carbocycles. The van der Waals surface area contributed by atoms with Crippen LogP contribution in [0.25, 0.3) is 0 Å². The predicted octanol–water partition coefficient (Wildman–Crippen LogP) is 3.75. The van der Waals surface area contributed by atoms with E-state index in [1.54, 1.807) is 19.1 Å². The van der Waals surface area contributed by atoms with Crippen LogP contribution in [-0.4, -0.2) is 11.5 Å². The predicted molar refractivity (Wildman–Crippen MR) is 72.8 cm³/mol. The Morgan fingerprint density at radius 2 is 2.11 bits per heavy atom. The minimum atomic E-state index is -0.324. The summed E-state index contributed by atoms with van der Waals surface area (Å²) in [4.78, 5) is 10.5. The quantitative estimate of drug-likeness (QED) is 0.637. The summed E-state index contributed by atoms with van der Waals surface area (Å²) in [5, 5.41) is 14.2. The molecule has 0 amide bonds. The molecule has 0 saturated heterocycles. The van der Waals surface area contributed by atoms with E-state index in [2.05, 4.69) is 19.2 Å². The van der Waals surface area contributed by atoms with Gasteiger partial charge in [0.25, 0.3) is 5.69 Å². The van der Waals surface area contributed by atoms with Crippen molar-refractivity contribution in [2.24, 2.45) is 11.3 Å². The van der Waals surface area contributed by atoms with Gasteiger partial charge in [0, 0.05) is 23.9 Å². The molecular weight excluding hydrogens is 228 g/mol. The molecule has 4 heteroatoms. The highest BCUT2D eigenvalue weighted by atomic mass is 16.6. The first-order chi connectivity index (χ1) is 8.44. The number of nitro benzene ring substituents is 1. The minimum absolute atomic E-state index is 0.189. The second-order valence-corrected chi connectivity index (χ2v) is 5.63. The Labute approximate surface area is 108 Å². The number of nitro groups is 1. The summed E-state index contributed by atoms with van der Waals surface area (Å²) >= 11 is 0. The van der Waals surface area contributed by atoms with E-state index >= 15 is 0 Å². The zero-order valence-corrected chi connectivity index (χ0v) is 11.2. The Hall–Kier alpha value is -1.58. The molecule has 2 rings (SSSR count). The zero-order valence-electron chi connectivity index (χ0n) is 11.2. The van der Waals surface area contributed by atoms with E-state index in [-0.39, 0.29) is 10.6 Å². The van der Waals surface area contributed by atoms with Gasteiger partial charge in [-0.05, 0) is 37.2 Å². The van der Waals surface area contributed by atoms with E-state index in [1.807, 2.05) is 6.07 Å². The van der Waals surface area contributed by atoms with Gasteiger partial charge in [-0.1, -0.05) is 19.9 Å². The first kappa shape index (κ1) is 12.9. The Bertz CT molecular complexity index is 465. The molecule has 1 fully saturated rings. The Morgan fingerprint density at radius 3 is 2.61 bits per heavy atom. The second kappa shape index (κ2) is 4.59. The maximum atomic E-state index is 10.9. The van der Waals surface area contributed by atoms with Gasteiger partial charge >= 0.3 is 0 Å². The van der Waals surface area contributed by atoms with E-state index in [9.17, 15) is 10.1 Å². The molecule has 0 heterocycles. The number of benzene rings is 1. The van der Waals surface area contributed by atoms with E-state index < -0.39 is 0 Å². The third-order valence-corrected chi connectivity index (χ3v) is 4.17. The van der Waals surface area contributed by atoms with Crippen LogP contribution in [0, 0.1) is 28.4 Å². The maximum Gasteiger partial charge on any atom is 0.274 e. The van der Waals surface area contributed by atoms with E-state index in [0.717, 1.165) is 12.2 Å². The van der Waals surface area contributed by atoms with Gasteiger partial charge < -0.3 is 5.32 Å². The second-order valence-electron chi connectivity index (χ2n) is 5.63. The normalized spacial score (nSPS) is 16.7. The molecule has 0 bridgehead atoms. The molecule has 0 spiro atoms. The lowest BCUT2D eigenvalue weighted by atomic mass is 9.92. The number of nitrogens with zero attached hydrogens (tertiary/aromatic N) is 1. The van der Waals surface area contributed by atoms with Crippen LogP contribution < -0.4 is 5.32 Å². The summed E-state index contributed by atoms with van der Waals surface area (Å²) in [7, 11) is 0. The van der Waals surface area contributed by atoms with Gasteiger partial charge in [0.15, 0.2) is 0 Å². The molecule has 0 radical (unpaired) electrons. The van der Waals surface area contributed by atoms with Crippen LogP contribution in [0.1, 0.15) is 32.3 Å². The smallest absolute Gasteiger partial charge is 0.274 e. The molecule has 1 aromatic carbocycles. The number of rotatable bonds is 5. The van der Waals surface area contributed by atoms with Gasteiger partial charge in [-0.3, -0.25) is 10.1 Å². The highest BCUT2D eigenvalue weighted by Gasteiger charge is 2.44. The standard InChI is InChI=1S/C14H20N2O2/c1-10(2)14(6-7-14)9-15-12-5-4-11(3)13(8-12)16(17)18/h4-5,8,10,15H,6-7,9H2,1-3H3. The van der Waals surface area contributed by atoms with Crippen molar-refractivity contribution in [3.8, 4) is 0 Å². The van der Waals surface area contributed by atoms with Crippen molar-refractivity contribution in [1.82, 2.24) is 0 Å². The lowest BCUT2D eigenvalue weighted by Crippen LogP contribution is -2.20. The van der Waals surface area contributed by atoms with E-state index in [0.29, 0.717) is 16.9 Å². The van der Waals surface area contributed by atoms with E-state index in [1.165, 1.54) is 12.8 Å². The van der Waals surface area contributed by atoms with Gasteiger partial charge in [-0.25, -0.2) is 0 Å². The van der Waals surface area contributed by atoms with Crippen molar-refractivity contribution in [1.29, 1.82) is 0 Å². The van der Waals surface area contributed by atoms with Gasteiger partial charge in [-0.15, -0.1) is 0 Å². The van der Waals surface area contributed by atoms with Gasteiger partial charge in [0.05, 0.1) is 4.92 Å². The summed E-state index contributed by atoms with van der Waals surface area (Å²) in [6.07, 6.45) is 2.51. The molecule has 0 unspecified atom stereocenters. The molecule has 0 aliphatic heterocycles. The minimum Gasteiger partial charge on any atom is -0.384 e. The summed E-state index contributed by atoms with van der Waals surface area (Å²) in [5.41, 5.74) is 2.14. The summed E-state index contributed by atoms with van der Waals surface area (Å²) in [6.45, 7) is 7.15. The lowest BCUT2D eigenvalue weighted by Gasteiger charge is -2.20. The van der Waals surface area contributed by atoms with Crippen LogP contribution in [0.2, 0.25) is 0 Å². The molecular formula is C14H20N2O2. The molecule has 1 aromatic rings. The van der Waals surface area contributed by atoms with Crippen LogP contribution in [0.4, 0.5) is 11.4 Å². The third kappa shape index (κ3) is 2.47. The fourth-order valence-electron chi connectivity index (χ4n) is 2.31. The number of hydrogen-bond donors (Lipinski definition) is 1. The van der Waals surface area contributed by atoms with Gasteiger partial charge in [0.2, 0.25) is 0 Å². The monoisotopic (exact) mass is 248 g/mol. The topological polar surface area (TPSA) is 55.2 Å². The summed E-state index contributed by atoms with van der Waals surface area (Å²) in [6, 6.07) is 5.35. The van der Waals surface area contributed by atoms with Gasteiger partial charge in [-0.2, -0.15) is 0 Å². The lowest BCUT2D eigenvalue weighted by molar-refractivity contribution is -0.385. The summed E-state index contributed by atoms with van der Waals surface area (Å²) in [5.74, 6) is 0.658. The van der Waals surface area contributed by atoms with Crippen LogP contribution in [0.5, 0.6) is 0 Å². The highest BCUT2D eigenvalue weighted by molar-refractivity contribution is 5.55. The SMILES string of the molecule is Cc1ccc(NCC2(C(C)C)CC2)cc1[N+](=O)[O-]. The molecule has 1 aliphatic carbocycles. The third-order valence-electron chi connectivity index (χ3n) is 4.17. The van der Waals surface area contributed by atoms with Crippen molar-refractivity contribution >= 4 is 11.4 Å². The van der Waals surface area contributed by atoms with E-state index in [4.69, 9.17) is 0 Å². The molecule has 18 heavy (non-hydrogen) atoms. The van der Waals surface area contributed by atoms with Crippen LogP contribution in [0.15, 0.2) is 18.2 Å². The largest absolute Gasteiger partial charge is 0.384 e. The number of aryl methyl sites for hydroxylation is 1. The summed E-state index contributed by atoms with van der Waals surface area (Å²) < 4.78 is 0. The van der Waals surface area contributed by atoms with Crippen molar-refractivity contribution in [3.63, 3.8) is 0 Å². The van der Waals surface area contributed by atoms with Crippen molar-refractivity contribution in [2.45, 2.75) is 33.6 Å². The average molecular weight is 248 g/mol. The van der Waals surface area contributed by atoms with Crippen molar-refractivity contribution in [2.75, 3.05) is 11.9 Å². The molecule has 4 nitrogen and oxygen atoms in total. The van der Waals surface area contributed by atoms with Crippen LogP contribution in [-0.2, 0) is 0 Å². The highest BCUT2D eigenvalue weighted by Crippen LogP contribution is 2.51. The Kier molecular flexibility index (Phi) is 3.28. The molecule has 98 valence electrons. The number of hydrogen-bond acceptors (Lipinski definition) is 3. The first-order valence-electron chi connectivity index (χ1n) is 6.43. The fraction of sp³-hybridized carbons (Fsp3) is 0.571. The van der Waals surface area contributed by atoms with Crippen LogP contribution >= 0.6 is 0 Å². The molecule has 1 N–H and O–H groups in total. The zero-order chi connectivity index (χ0) is 13.3. The number of nitrogens with one attached hydrogen (secondary N) is 1. The maximum absolute atomic E-state index is 10.9. The van der Waals surface area contributed by atoms with Crippen molar-refractivity contribution < 1.29 is 4.92 Å². The first-order valence-corrected chi connectivity index (χ1v) is 6.43. The van der Waals surface area contributed by atoms with Crippen LogP contribution in [0.3, 0.4) is 0 Å². The Morgan fingerprint density at radius 1 is 1.44 bits per heavy atom. The Balaban J connectivity index is 2.06. The van der Waals surface area contributed by atoms with Gasteiger partial charge in [0.1, 0.15) is 0 Å². The molecule has 1 aliphatic rings. The molecule has 0 aromatic heterocycles. The average Bonchev–Trinajstić information content (AvgIpc) is 3.08. The molecule has 0 atom stereocenters. The fourth-order valence-corrected chi connectivity index (χ4v) is 2.31. The number of anilines is 1. The van der Waals surface area contributed by atoms with Crippen molar-refractivity contribution in [3.05, 3.63) is 33.9 Å².